The van der Waals surface area contributed by atoms with E-state index in [2.05, 4.69) is 0 Å². The number of carbonyl (C=O) groups excluding carboxylic acids is 2. The second-order valence-electron chi connectivity index (χ2n) is 7.59. The lowest BCUT2D eigenvalue weighted by Gasteiger charge is -2.26. The Hall–Kier alpha value is -2.70. The van der Waals surface area contributed by atoms with Gasteiger partial charge in [-0.1, -0.05) is 60.7 Å². The number of benzene rings is 2. The van der Waals surface area contributed by atoms with Gasteiger partial charge in [0, 0.05) is 6.54 Å². The van der Waals surface area contributed by atoms with Crippen molar-refractivity contribution in [2.24, 2.45) is 5.92 Å². The van der Waals surface area contributed by atoms with Crippen molar-refractivity contribution >= 4 is 12.0 Å². The molecular weight excluding hydrogens is 368 g/mol. The van der Waals surface area contributed by atoms with Gasteiger partial charge in [-0.2, -0.15) is 0 Å². The maximum atomic E-state index is 13.3. The molecule has 1 unspecified atom stereocenters. The van der Waals surface area contributed by atoms with Gasteiger partial charge in [0.2, 0.25) is 5.91 Å². The first-order valence-corrected chi connectivity index (χ1v) is 9.84. The maximum Gasteiger partial charge on any atom is 0.416 e. The van der Waals surface area contributed by atoms with E-state index in [1.165, 1.54) is 4.90 Å². The predicted molar refractivity (Wildman–Crippen MR) is 110 cm³/mol. The fourth-order valence-electron chi connectivity index (χ4n) is 3.50. The fourth-order valence-corrected chi connectivity index (χ4v) is 3.50. The number of hydrogen-bond acceptors (Lipinski definition) is 5. The molecule has 3 rings (SSSR count). The number of cyclic esters (lactones) is 1. The van der Waals surface area contributed by atoms with Crippen LogP contribution >= 0.6 is 0 Å². The Balaban J connectivity index is 1.66. The Kier molecular flexibility index (Phi) is 7.38. The molecule has 1 fully saturated rings. The highest BCUT2D eigenvalue weighted by molar-refractivity contribution is 5.95. The predicted octanol–water partition coefficient (Wildman–Crippen LogP) is 2.97. The minimum absolute atomic E-state index is 0.221. The Morgan fingerprint density at radius 2 is 1.72 bits per heavy atom. The highest BCUT2D eigenvalue weighted by Gasteiger charge is 2.40. The summed E-state index contributed by atoms with van der Waals surface area (Å²) in [6, 6.07) is 19.4. The topological polar surface area (TPSA) is 59.1 Å². The van der Waals surface area contributed by atoms with Gasteiger partial charge in [-0.25, -0.2) is 9.69 Å². The lowest BCUT2D eigenvalue weighted by molar-refractivity contribution is -0.136. The van der Waals surface area contributed by atoms with Crippen molar-refractivity contribution in [2.75, 3.05) is 33.9 Å². The van der Waals surface area contributed by atoms with Crippen molar-refractivity contribution in [1.29, 1.82) is 0 Å². The molecule has 29 heavy (non-hydrogen) atoms. The van der Waals surface area contributed by atoms with E-state index in [1.54, 1.807) is 0 Å². The molecule has 0 bridgehead atoms. The summed E-state index contributed by atoms with van der Waals surface area (Å²) in [7, 11) is 3.81. The van der Waals surface area contributed by atoms with Crippen LogP contribution in [0.2, 0.25) is 0 Å². The summed E-state index contributed by atoms with van der Waals surface area (Å²) in [6.07, 6.45) is 0.0143. The van der Waals surface area contributed by atoms with E-state index in [1.807, 2.05) is 79.7 Å². The molecule has 2 aromatic rings. The van der Waals surface area contributed by atoms with Gasteiger partial charge in [-0.3, -0.25) is 4.79 Å². The van der Waals surface area contributed by atoms with Crippen molar-refractivity contribution in [1.82, 2.24) is 9.80 Å². The number of imide groups is 1. The first-order chi connectivity index (χ1) is 14.0. The molecule has 154 valence electrons. The molecule has 1 heterocycles. The van der Waals surface area contributed by atoms with Crippen LogP contribution in [0.1, 0.15) is 11.1 Å². The van der Waals surface area contributed by atoms with Crippen LogP contribution in [0.3, 0.4) is 0 Å². The minimum atomic E-state index is -0.567. The number of hydrogen-bond donors (Lipinski definition) is 0. The molecule has 0 aliphatic carbocycles. The van der Waals surface area contributed by atoms with Gasteiger partial charge in [0.05, 0.1) is 25.2 Å². The molecule has 1 aliphatic heterocycles. The van der Waals surface area contributed by atoms with Gasteiger partial charge in [-0.15, -0.1) is 0 Å². The zero-order valence-corrected chi connectivity index (χ0v) is 17.0. The van der Waals surface area contributed by atoms with Gasteiger partial charge in [0.15, 0.2) is 0 Å². The van der Waals surface area contributed by atoms with E-state index in [4.69, 9.17) is 9.47 Å². The first kappa shape index (κ1) is 21.0. The summed E-state index contributed by atoms with van der Waals surface area (Å²) >= 11 is 0. The molecule has 6 nitrogen and oxygen atoms in total. The van der Waals surface area contributed by atoms with Gasteiger partial charge in [0.1, 0.15) is 6.61 Å². The van der Waals surface area contributed by atoms with Crippen molar-refractivity contribution in [2.45, 2.75) is 19.1 Å². The molecule has 6 heteroatoms. The number of amides is 2. The SMILES string of the molecule is CN(C)C[C@@H](COCc1ccccc1)C(=O)N1C(=O)OCC1Cc1ccccc1. The molecule has 0 radical (unpaired) electrons. The normalized spacial score (nSPS) is 17.4. The maximum absolute atomic E-state index is 13.3. The largest absolute Gasteiger partial charge is 0.447 e. The van der Waals surface area contributed by atoms with E-state index >= 15 is 0 Å². The highest BCUT2D eigenvalue weighted by Crippen LogP contribution is 2.21. The van der Waals surface area contributed by atoms with Gasteiger partial charge in [-0.05, 0) is 31.6 Å². The molecule has 0 N–H and O–H groups in total. The second kappa shape index (κ2) is 10.2. The Labute approximate surface area is 172 Å². The van der Waals surface area contributed by atoms with Crippen molar-refractivity contribution in [3.63, 3.8) is 0 Å². The third-order valence-electron chi connectivity index (χ3n) is 4.88. The van der Waals surface area contributed by atoms with Crippen LogP contribution in [-0.4, -0.2) is 61.7 Å². The van der Waals surface area contributed by atoms with Crippen molar-refractivity contribution < 1.29 is 19.1 Å². The van der Waals surface area contributed by atoms with Gasteiger partial charge < -0.3 is 14.4 Å². The molecule has 2 aromatic carbocycles. The number of ether oxygens (including phenoxy) is 2. The van der Waals surface area contributed by atoms with Crippen LogP contribution in [0.25, 0.3) is 0 Å². The van der Waals surface area contributed by atoms with Gasteiger partial charge >= 0.3 is 6.09 Å². The lowest BCUT2D eigenvalue weighted by Crippen LogP contribution is -2.47. The standard InChI is InChI=1S/C23H28N2O4/c1-24(2)14-20(16-28-15-19-11-7-4-8-12-19)22(26)25-21(17-29-23(25)27)13-18-9-5-3-6-10-18/h3-12,20-21H,13-17H2,1-2H3/t20-,21?/m0/s1. The summed E-state index contributed by atoms with van der Waals surface area (Å²) < 4.78 is 11.0. The Bertz CT molecular complexity index is 795. The lowest BCUT2D eigenvalue weighted by atomic mass is 10.0. The molecule has 2 atom stereocenters. The molecule has 0 saturated carbocycles. The zero-order valence-electron chi connectivity index (χ0n) is 17.0. The number of rotatable bonds is 9. The minimum Gasteiger partial charge on any atom is -0.447 e. The van der Waals surface area contributed by atoms with Crippen LogP contribution in [0, 0.1) is 5.92 Å². The molecule has 1 saturated heterocycles. The summed E-state index contributed by atoms with van der Waals surface area (Å²) in [5.74, 6) is -0.687. The van der Waals surface area contributed by atoms with E-state index < -0.39 is 12.0 Å². The van der Waals surface area contributed by atoms with Crippen LogP contribution in [-0.2, 0) is 27.3 Å². The van der Waals surface area contributed by atoms with E-state index in [9.17, 15) is 9.59 Å². The second-order valence-corrected chi connectivity index (χ2v) is 7.59. The molecule has 0 aromatic heterocycles. The van der Waals surface area contributed by atoms with Crippen LogP contribution < -0.4 is 0 Å². The highest BCUT2D eigenvalue weighted by atomic mass is 16.6. The average molecular weight is 396 g/mol. The monoisotopic (exact) mass is 396 g/mol. The third-order valence-corrected chi connectivity index (χ3v) is 4.88. The smallest absolute Gasteiger partial charge is 0.416 e. The van der Waals surface area contributed by atoms with Crippen LogP contribution in [0.15, 0.2) is 60.7 Å². The summed E-state index contributed by atoms with van der Waals surface area (Å²) in [4.78, 5) is 28.8. The first-order valence-electron chi connectivity index (χ1n) is 9.84. The number of carbonyl (C=O) groups is 2. The van der Waals surface area contributed by atoms with Crippen molar-refractivity contribution in [3.05, 3.63) is 71.8 Å². The molecule has 0 spiro atoms. The average Bonchev–Trinajstić information content (AvgIpc) is 3.08. The molecule has 1 aliphatic rings. The Morgan fingerprint density at radius 1 is 1.10 bits per heavy atom. The quantitative estimate of drug-likeness (QED) is 0.652. The molecule has 2 amide bonds. The fraction of sp³-hybridized carbons (Fsp3) is 0.391. The van der Waals surface area contributed by atoms with Crippen LogP contribution in [0.5, 0.6) is 0 Å². The molecular formula is C23H28N2O4. The summed E-state index contributed by atoms with van der Waals surface area (Å²) in [6.45, 7) is 1.39. The van der Waals surface area contributed by atoms with E-state index in [0.29, 0.717) is 19.6 Å². The number of nitrogens with zero attached hydrogens (tertiary/aromatic N) is 2. The van der Waals surface area contributed by atoms with E-state index in [0.717, 1.165) is 11.1 Å². The third kappa shape index (κ3) is 5.89. The van der Waals surface area contributed by atoms with Gasteiger partial charge in [0.25, 0.3) is 0 Å². The summed E-state index contributed by atoms with van der Waals surface area (Å²) in [5.41, 5.74) is 2.11. The van der Waals surface area contributed by atoms with E-state index in [-0.39, 0.29) is 25.2 Å². The van der Waals surface area contributed by atoms with Crippen molar-refractivity contribution in [3.8, 4) is 0 Å². The zero-order chi connectivity index (χ0) is 20.6. The summed E-state index contributed by atoms with van der Waals surface area (Å²) in [5, 5.41) is 0. The Morgan fingerprint density at radius 3 is 2.34 bits per heavy atom. The van der Waals surface area contributed by atoms with Crippen LogP contribution in [0.4, 0.5) is 4.79 Å².